The molecule has 0 aliphatic heterocycles. The van der Waals surface area contributed by atoms with E-state index in [0.29, 0.717) is 32.0 Å². The predicted octanol–water partition coefficient (Wildman–Crippen LogP) is 3.87. The predicted molar refractivity (Wildman–Crippen MR) is 137 cm³/mol. The Labute approximate surface area is 216 Å². The zero-order valence-corrected chi connectivity index (χ0v) is 21.7. The fraction of sp³-hybridized carbons (Fsp3) is 0.483. The summed E-state index contributed by atoms with van der Waals surface area (Å²) in [6.45, 7) is 6.43. The summed E-state index contributed by atoms with van der Waals surface area (Å²) in [7, 11) is 0. The van der Waals surface area contributed by atoms with Gasteiger partial charge in [0.15, 0.2) is 0 Å². The normalized spacial score (nSPS) is 17.2. The maximum absolute atomic E-state index is 13.8. The Morgan fingerprint density at radius 3 is 2.35 bits per heavy atom. The maximum Gasteiger partial charge on any atom is 0.227 e. The molecule has 2 atom stereocenters. The average Bonchev–Trinajstić information content (AvgIpc) is 2.82. The van der Waals surface area contributed by atoms with Gasteiger partial charge in [-0.05, 0) is 53.5 Å². The topological polar surface area (TPSA) is 95.5 Å². The lowest BCUT2D eigenvalue weighted by atomic mass is 9.74. The summed E-state index contributed by atoms with van der Waals surface area (Å²) in [6, 6.07) is 10.4. The molecule has 3 rings (SSSR count). The number of carbonyl (C=O) groups is 3. The second-order valence-electron chi connectivity index (χ2n) is 10.9. The van der Waals surface area contributed by atoms with E-state index in [1.807, 2.05) is 12.1 Å². The maximum atomic E-state index is 13.8. The second-order valence-corrected chi connectivity index (χ2v) is 10.9. The van der Waals surface area contributed by atoms with Gasteiger partial charge in [-0.2, -0.15) is 0 Å². The third-order valence-corrected chi connectivity index (χ3v) is 7.05. The van der Waals surface area contributed by atoms with Crippen LogP contribution in [0.2, 0.25) is 0 Å². The van der Waals surface area contributed by atoms with Crippen LogP contribution in [0.15, 0.2) is 42.5 Å². The van der Waals surface area contributed by atoms with Crippen molar-refractivity contribution in [2.45, 2.75) is 82.4 Å². The SMILES string of the molecule is CC(C)(C)c1cccc(C2(NC[C@H](O)[C@H](Cc3cc(F)cc(F)c3)NC(=O)CC=O)CCC(=O)CC2)c1. The molecule has 1 saturated carbocycles. The number of Topliss-reactive ketones (excluding diaryl/α,β-unsaturated/α-hetero) is 1. The van der Waals surface area contributed by atoms with E-state index >= 15 is 0 Å². The number of aliphatic hydroxyl groups excluding tert-OH is 1. The number of nitrogens with one attached hydrogen (secondary N) is 2. The molecular formula is C29H36F2N2O4. The minimum absolute atomic E-state index is 0.0346. The number of ketones is 1. The minimum Gasteiger partial charge on any atom is -0.390 e. The quantitative estimate of drug-likeness (QED) is 0.331. The molecule has 0 unspecified atom stereocenters. The number of hydrogen-bond donors (Lipinski definition) is 3. The van der Waals surface area contributed by atoms with E-state index in [0.717, 1.165) is 29.3 Å². The Kier molecular flexibility index (Phi) is 9.31. The van der Waals surface area contributed by atoms with Gasteiger partial charge in [0.1, 0.15) is 23.7 Å². The first-order valence-corrected chi connectivity index (χ1v) is 12.7. The van der Waals surface area contributed by atoms with Crippen molar-refractivity contribution >= 4 is 18.0 Å². The summed E-state index contributed by atoms with van der Waals surface area (Å²) >= 11 is 0. The molecule has 0 radical (unpaired) electrons. The van der Waals surface area contributed by atoms with Crippen LogP contribution in [-0.4, -0.2) is 41.8 Å². The lowest BCUT2D eigenvalue weighted by Crippen LogP contribution is -2.53. The number of benzene rings is 2. The van der Waals surface area contributed by atoms with Crippen LogP contribution in [0.25, 0.3) is 0 Å². The molecular weight excluding hydrogens is 478 g/mol. The smallest absolute Gasteiger partial charge is 0.227 e. The zero-order valence-electron chi connectivity index (χ0n) is 21.7. The molecule has 1 aliphatic carbocycles. The van der Waals surface area contributed by atoms with Gasteiger partial charge in [-0.15, -0.1) is 0 Å². The number of hydrogen-bond acceptors (Lipinski definition) is 5. The van der Waals surface area contributed by atoms with Crippen molar-refractivity contribution in [3.05, 3.63) is 70.8 Å². The summed E-state index contributed by atoms with van der Waals surface area (Å²) in [5.74, 6) is -1.92. The van der Waals surface area contributed by atoms with Crippen LogP contribution in [0.3, 0.4) is 0 Å². The van der Waals surface area contributed by atoms with E-state index in [1.165, 1.54) is 0 Å². The van der Waals surface area contributed by atoms with Crippen LogP contribution in [0.1, 0.15) is 69.6 Å². The first-order chi connectivity index (χ1) is 17.4. The monoisotopic (exact) mass is 514 g/mol. The van der Waals surface area contributed by atoms with Crippen LogP contribution in [0.4, 0.5) is 8.78 Å². The lowest BCUT2D eigenvalue weighted by Gasteiger charge is -2.40. The third kappa shape index (κ3) is 7.76. The number of carbonyl (C=O) groups excluding carboxylic acids is 3. The van der Waals surface area contributed by atoms with Gasteiger partial charge in [-0.1, -0.05) is 45.0 Å². The van der Waals surface area contributed by atoms with E-state index in [1.54, 1.807) is 0 Å². The van der Waals surface area contributed by atoms with Gasteiger partial charge in [0.05, 0.1) is 18.6 Å². The molecule has 0 saturated heterocycles. The first kappa shape index (κ1) is 28.6. The standard InChI is InChI=1S/C29H36F2N2O4/c1-28(2,3)20-5-4-6-21(16-20)29(10-7-24(35)8-11-29)32-18-26(36)25(33-27(37)9-12-34)15-19-13-22(30)17-23(31)14-19/h4-6,12-14,16-17,25-26,32,36H,7-11,15,18H2,1-3H3,(H,33,37)/t25-,26-/m0/s1. The highest BCUT2D eigenvalue weighted by Gasteiger charge is 2.37. The molecule has 200 valence electrons. The van der Waals surface area contributed by atoms with Gasteiger partial charge in [-0.25, -0.2) is 8.78 Å². The molecule has 0 heterocycles. The second kappa shape index (κ2) is 12.0. The van der Waals surface area contributed by atoms with Gasteiger partial charge < -0.3 is 20.5 Å². The van der Waals surface area contributed by atoms with Crippen LogP contribution in [0, 0.1) is 11.6 Å². The van der Waals surface area contributed by atoms with Gasteiger partial charge in [0.25, 0.3) is 0 Å². The van der Waals surface area contributed by atoms with Gasteiger partial charge in [0, 0.05) is 31.0 Å². The van der Waals surface area contributed by atoms with Crippen LogP contribution >= 0.6 is 0 Å². The molecule has 6 nitrogen and oxygen atoms in total. The molecule has 1 aliphatic rings. The van der Waals surface area contributed by atoms with Gasteiger partial charge >= 0.3 is 0 Å². The summed E-state index contributed by atoms with van der Waals surface area (Å²) < 4.78 is 27.5. The van der Waals surface area contributed by atoms with Crippen molar-refractivity contribution < 1.29 is 28.3 Å². The summed E-state index contributed by atoms with van der Waals surface area (Å²) in [5, 5.41) is 17.2. The van der Waals surface area contributed by atoms with Crippen molar-refractivity contribution in [1.29, 1.82) is 0 Å². The highest BCUT2D eigenvalue weighted by atomic mass is 19.1. The molecule has 0 bridgehead atoms. The van der Waals surface area contributed by atoms with E-state index in [-0.39, 0.29) is 36.1 Å². The molecule has 1 fully saturated rings. The molecule has 0 aromatic heterocycles. The average molecular weight is 515 g/mol. The molecule has 1 amide bonds. The number of aliphatic hydroxyl groups is 1. The van der Waals surface area contributed by atoms with E-state index in [9.17, 15) is 28.3 Å². The summed E-state index contributed by atoms with van der Waals surface area (Å²) in [4.78, 5) is 35.1. The molecule has 2 aromatic rings. The lowest BCUT2D eigenvalue weighted by molar-refractivity contribution is -0.125. The zero-order chi connectivity index (χ0) is 27.2. The first-order valence-electron chi connectivity index (χ1n) is 12.7. The highest BCUT2D eigenvalue weighted by Crippen LogP contribution is 2.37. The molecule has 3 N–H and O–H groups in total. The minimum atomic E-state index is -1.14. The van der Waals surface area contributed by atoms with Crippen molar-refractivity contribution in [2.75, 3.05) is 6.54 Å². The Hall–Kier alpha value is -2.97. The highest BCUT2D eigenvalue weighted by molar-refractivity contribution is 5.88. The van der Waals surface area contributed by atoms with Gasteiger partial charge in [-0.3, -0.25) is 9.59 Å². The summed E-state index contributed by atoms with van der Waals surface area (Å²) in [6.07, 6.45) is 0.826. The third-order valence-electron chi connectivity index (χ3n) is 7.05. The number of aldehydes is 1. The largest absolute Gasteiger partial charge is 0.390 e. The summed E-state index contributed by atoms with van der Waals surface area (Å²) in [5.41, 5.74) is 1.81. The van der Waals surface area contributed by atoms with Crippen molar-refractivity contribution in [1.82, 2.24) is 10.6 Å². The molecule has 37 heavy (non-hydrogen) atoms. The fourth-order valence-electron chi connectivity index (χ4n) is 4.86. The van der Waals surface area contributed by atoms with Crippen LogP contribution in [-0.2, 0) is 31.8 Å². The van der Waals surface area contributed by atoms with Crippen molar-refractivity contribution in [3.8, 4) is 0 Å². The molecule has 8 heteroatoms. The number of rotatable bonds is 10. The molecule has 2 aromatic carbocycles. The fourth-order valence-corrected chi connectivity index (χ4v) is 4.86. The molecule has 0 spiro atoms. The van der Waals surface area contributed by atoms with E-state index in [2.05, 4.69) is 43.5 Å². The van der Waals surface area contributed by atoms with Gasteiger partial charge in [0.2, 0.25) is 5.91 Å². The van der Waals surface area contributed by atoms with E-state index < -0.39 is 35.2 Å². The number of halogens is 2. The van der Waals surface area contributed by atoms with Crippen LogP contribution < -0.4 is 10.6 Å². The van der Waals surface area contributed by atoms with Crippen molar-refractivity contribution in [2.24, 2.45) is 0 Å². The van der Waals surface area contributed by atoms with Crippen molar-refractivity contribution in [3.63, 3.8) is 0 Å². The Balaban J connectivity index is 1.85. The Morgan fingerprint density at radius 1 is 1.11 bits per heavy atom. The van der Waals surface area contributed by atoms with E-state index in [4.69, 9.17) is 0 Å². The Morgan fingerprint density at radius 2 is 1.76 bits per heavy atom. The number of amides is 1. The van der Waals surface area contributed by atoms with Crippen LogP contribution in [0.5, 0.6) is 0 Å². The Bertz CT molecular complexity index is 1100.